The molecule has 5 rings (SSSR count). The first-order valence-corrected chi connectivity index (χ1v) is 11.7. The van der Waals surface area contributed by atoms with E-state index >= 15 is 0 Å². The van der Waals surface area contributed by atoms with Crippen molar-refractivity contribution in [2.24, 2.45) is 5.92 Å². The molecule has 0 unspecified atom stereocenters. The second-order valence-corrected chi connectivity index (χ2v) is 9.38. The zero-order valence-electron chi connectivity index (χ0n) is 20.0. The largest absolute Gasteiger partial charge is 0.462 e. The molecule has 2 saturated carbocycles. The minimum atomic E-state index is -2.42. The molecule has 2 aromatic carbocycles. The number of hydrogen-bond donors (Lipinski definition) is 1. The highest BCUT2D eigenvalue weighted by atomic mass is 16.7. The Labute approximate surface area is 206 Å². The van der Waals surface area contributed by atoms with Crippen LogP contribution in [0, 0.1) is 5.92 Å². The van der Waals surface area contributed by atoms with E-state index in [1.807, 2.05) is 12.1 Å². The Balaban J connectivity index is 1.75. The molecule has 0 aromatic heterocycles. The summed E-state index contributed by atoms with van der Waals surface area (Å²) in [6.45, 7) is 3.56. The molecule has 5 atom stereocenters. The van der Waals surface area contributed by atoms with Crippen molar-refractivity contribution in [1.82, 2.24) is 0 Å². The Bertz CT molecular complexity index is 1230. The average Bonchev–Trinajstić information content (AvgIpc) is 2.80. The molecule has 0 amide bonds. The van der Waals surface area contributed by atoms with Crippen molar-refractivity contribution < 1.29 is 48.0 Å². The third-order valence-electron chi connectivity index (χ3n) is 7.08. The number of rotatable bonds is 3. The lowest BCUT2D eigenvalue weighted by Gasteiger charge is -2.59. The molecule has 3 aliphatic rings. The van der Waals surface area contributed by atoms with Crippen LogP contribution in [0.2, 0.25) is 0 Å². The van der Waals surface area contributed by atoms with E-state index in [1.54, 1.807) is 24.3 Å². The Kier molecular flexibility index (Phi) is 5.66. The van der Waals surface area contributed by atoms with Crippen molar-refractivity contribution in [2.75, 3.05) is 0 Å². The Morgan fingerprint density at radius 2 is 1.44 bits per heavy atom. The first-order chi connectivity index (χ1) is 17.1. The standard InChI is InChI=1S/C26H26O10/c1-13(27)32-18-10-11-22(30)25(31)17(18)12-21(33-14(2)28)24(34-15(3)29)26(25)35-19-8-4-6-16-7-5-9-20(36-26)23(16)19/h4-9,17-18,21,24,31H,10-12H2,1-3H3/t17-,18-,21-,24-,25-/m0/s1. The minimum absolute atomic E-state index is 0.141. The maximum absolute atomic E-state index is 13.6. The molecule has 10 heteroatoms. The monoisotopic (exact) mass is 498 g/mol. The van der Waals surface area contributed by atoms with E-state index in [0.717, 1.165) is 12.3 Å². The van der Waals surface area contributed by atoms with E-state index in [4.69, 9.17) is 23.7 Å². The highest BCUT2D eigenvalue weighted by molar-refractivity contribution is 5.96. The number of esters is 3. The molecule has 2 aliphatic carbocycles. The number of carbonyl (C=O) groups excluding carboxylic acids is 4. The molecule has 0 saturated heterocycles. The lowest BCUT2D eigenvalue weighted by molar-refractivity contribution is -0.337. The third kappa shape index (κ3) is 3.50. The minimum Gasteiger partial charge on any atom is -0.462 e. The van der Waals surface area contributed by atoms with Crippen molar-refractivity contribution in [3.8, 4) is 11.5 Å². The summed E-state index contributed by atoms with van der Waals surface area (Å²) < 4.78 is 29.3. The fourth-order valence-corrected chi connectivity index (χ4v) is 5.82. The SMILES string of the molecule is CC(=O)O[C@H]1C[C@H]2[C@@H](OC(C)=O)CCC(=O)[C@]2(O)C2(Oc3cccc4cccc(c34)O2)[C@H]1OC(C)=O. The average molecular weight is 498 g/mol. The van der Waals surface area contributed by atoms with Crippen LogP contribution in [-0.2, 0) is 33.4 Å². The van der Waals surface area contributed by atoms with Crippen LogP contribution in [0.5, 0.6) is 11.5 Å². The van der Waals surface area contributed by atoms with Gasteiger partial charge >= 0.3 is 23.7 Å². The fraction of sp³-hybridized carbons (Fsp3) is 0.462. The molecule has 2 aromatic rings. The molecule has 1 spiro atoms. The number of ketones is 1. The van der Waals surface area contributed by atoms with Crippen molar-refractivity contribution in [2.45, 2.75) is 69.7 Å². The summed E-state index contributed by atoms with van der Waals surface area (Å²) in [7, 11) is 0. The van der Waals surface area contributed by atoms with Gasteiger partial charge in [-0.05, 0) is 30.4 Å². The summed E-state index contributed by atoms with van der Waals surface area (Å²) in [6.07, 6.45) is -3.74. The Morgan fingerprint density at radius 3 is 2.00 bits per heavy atom. The number of aliphatic hydroxyl groups is 1. The van der Waals surface area contributed by atoms with Gasteiger partial charge in [-0.25, -0.2) is 0 Å². The first-order valence-electron chi connectivity index (χ1n) is 11.7. The van der Waals surface area contributed by atoms with Crippen LogP contribution in [0.4, 0.5) is 0 Å². The molecule has 1 N–H and O–H groups in total. The molecule has 1 aliphatic heterocycles. The predicted molar refractivity (Wildman–Crippen MR) is 122 cm³/mol. The van der Waals surface area contributed by atoms with E-state index in [0.29, 0.717) is 5.39 Å². The van der Waals surface area contributed by atoms with Gasteiger partial charge in [-0.15, -0.1) is 0 Å². The molecule has 0 bridgehead atoms. The van der Waals surface area contributed by atoms with E-state index in [9.17, 15) is 24.3 Å². The van der Waals surface area contributed by atoms with Crippen molar-refractivity contribution in [1.29, 1.82) is 0 Å². The Hall–Kier alpha value is -3.66. The molecule has 0 radical (unpaired) electrons. The molecule has 10 nitrogen and oxygen atoms in total. The fourth-order valence-electron chi connectivity index (χ4n) is 5.82. The number of benzene rings is 2. The zero-order valence-corrected chi connectivity index (χ0v) is 20.0. The maximum Gasteiger partial charge on any atom is 0.329 e. The first kappa shape index (κ1) is 24.1. The maximum atomic E-state index is 13.6. The molecule has 190 valence electrons. The van der Waals surface area contributed by atoms with Gasteiger partial charge in [0.15, 0.2) is 5.78 Å². The second kappa shape index (κ2) is 8.48. The lowest BCUT2D eigenvalue weighted by atomic mass is 9.60. The topological polar surface area (TPSA) is 135 Å². The summed E-state index contributed by atoms with van der Waals surface area (Å²) in [4.78, 5) is 49.8. The second-order valence-electron chi connectivity index (χ2n) is 9.38. The highest BCUT2D eigenvalue weighted by Gasteiger charge is 2.77. The summed E-state index contributed by atoms with van der Waals surface area (Å²) in [5.74, 6) is -5.51. The van der Waals surface area contributed by atoms with Crippen LogP contribution in [0.1, 0.15) is 40.0 Å². The number of Topliss-reactive ketones (excluding diaryl/α,β-unsaturated/α-hetero) is 1. The van der Waals surface area contributed by atoms with Gasteiger partial charge in [-0.1, -0.05) is 24.3 Å². The van der Waals surface area contributed by atoms with Gasteiger partial charge < -0.3 is 28.8 Å². The molecule has 1 heterocycles. The van der Waals surface area contributed by atoms with E-state index in [1.165, 1.54) is 13.8 Å². The van der Waals surface area contributed by atoms with E-state index in [-0.39, 0.29) is 30.8 Å². The van der Waals surface area contributed by atoms with Gasteiger partial charge in [-0.2, -0.15) is 0 Å². The zero-order chi connectivity index (χ0) is 25.8. The Morgan fingerprint density at radius 1 is 0.889 bits per heavy atom. The number of hydrogen-bond acceptors (Lipinski definition) is 10. The van der Waals surface area contributed by atoms with E-state index in [2.05, 4.69) is 0 Å². The van der Waals surface area contributed by atoms with Crippen molar-refractivity contribution >= 4 is 34.5 Å². The van der Waals surface area contributed by atoms with Crippen LogP contribution in [0.15, 0.2) is 36.4 Å². The molecule has 2 fully saturated rings. The molecule has 36 heavy (non-hydrogen) atoms. The summed E-state index contributed by atoms with van der Waals surface area (Å²) in [5, 5.41) is 13.7. The van der Waals surface area contributed by atoms with Gasteiger partial charge in [-0.3, -0.25) is 19.2 Å². The van der Waals surface area contributed by atoms with Crippen LogP contribution in [0.25, 0.3) is 10.8 Å². The van der Waals surface area contributed by atoms with Gasteiger partial charge in [0.05, 0.1) is 5.39 Å². The number of fused-ring (bicyclic) bond motifs is 2. The van der Waals surface area contributed by atoms with Gasteiger partial charge in [0.2, 0.25) is 11.7 Å². The van der Waals surface area contributed by atoms with Crippen LogP contribution >= 0.6 is 0 Å². The summed E-state index contributed by atoms with van der Waals surface area (Å²) in [5.41, 5.74) is -2.42. The summed E-state index contributed by atoms with van der Waals surface area (Å²) in [6, 6.07) is 10.5. The predicted octanol–water partition coefficient (Wildman–Crippen LogP) is 2.22. The van der Waals surface area contributed by atoms with Crippen LogP contribution in [-0.4, -0.2) is 58.5 Å². The van der Waals surface area contributed by atoms with E-state index < -0.39 is 59.3 Å². The molecular weight excluding hydrogens is 472 g/mol. The number of carbonyl (C=O) groups is 4. The summed E-state index contributed by atoms with van der Waals surface area (Å²) >= 11 is 0. The van der Waals surface area contributed by atoms with Crippen molar-refractivity contribution in [3.05, 3.63) is 36.4 Å². The molecular formula is C26H26O10. The van der Waals surface area contributed by atoms with Gasteiger partial charge in [0.1, 0.15) is 23.7 Å². The van der Waals surface area contributed by atoms with Crippen LogP contribution < -0.4 is 9.47 Å². The van der Waals surface area contributed by atoms with Gasteiger partial charge in [0, 0.05) is 33.1 Å². The van der Waals surface area contributed by atoms with Gasteiger partial charge in [0.25, 0.3) is 0 Å². The number of ether oxygens (including phenoxy) is 5. The smallest absolute Gasteiger partial charge is 0.329 e. The third-order valence-corrected chi connectivity index (χ3v) is 7.08. The normalized spacial score (nSPS) is 29.9. The quantitative estimate of drug-likeness (QED) is 0.496. The highest BCUT2D eigenvalue weighted by Crippen LogP contribution is 2.56. The van der Waals surface area contributed by atoms with Crippen LogP contribution in [0.3, 0.4) is 0 Å². The van der Waals surface area contributed by atoms with Crippen molar-refractivity contribution in [3.63, 3.8) is 0 Å². The lowest BCUT2D eigenvalue weighted by Crippen LogP contribution is -2.82.